The Morgan fingerprint density at radius 2 is 1.93 bits per heavy atom. The first-order chi connectivity index (χ1) is 6.66. The molecule has 0 aliphatic carbocycles. The van der Waals surface area contributed by atoms with E-state index in [0.717, 1.165) is 16.1 Å². The highest BCUT2D eigenvalue weighted by molar-refractivity contribution is 6.30. The van der Waals surface area contributed by atoms with E-state index < -0.39 is 0 Å². The molecule has 1 aromatic carbocycles. The summed E-state index contributed by atoms with van der Waals surface area (Å²) in [5, 5.41) is 4.79. The summed E-state index contributed by atoms with van der Waals surface area (Å²) >= 11 is 5.79. The lowest BCUT2D eigenvalue weighted by Gasteiger charge is -1.97. The quantitative estimate of drug-likeness (QED) is 0.780. The second-order valence-electron chi connectivity index (χ2n) is 3.11. The molecule has 4 heteroatoms. The molecular formula is C10H10ClN3. The minimum Gasteiger partial charge on any atom is -0.382 e. The van der Waals surface area contributed by atoms with Crippen molar-refractivity contribution < 1.29 is 0 Å². The van der Waals surface area contributed by atoms with Crippen LogP contribution in [0.1, 0.15) is 0 Å². The maximum Gasteiger partial charge on any atom is 0.153 e. The molecule has 0 atom stereocenters. The van der Waals surface area contributed by atoms with Crippen molar-refractivity contribution in [3.05, 3.63) is 35.5 Å². The minimum absolute atomic E-state index is 0.537. The summed E-state index contributed by atoms with van der Waals surface area (Å²) in [6, 6.07) is 7.53. The summed E-state index contributed by atoms with van der Waals surface area (Å²) in [5.41, 5.74) is 7.71. The van der Waals surface area contributed by atoms with Crippen LogP contribution in [0.5, 0.6) is 0 Å². The van der Waals surface area contributed by atoms with Crippen LogP contribution in [-0.4, -0.2) is 9.78 Å². The van der Waals surface area contributed by atoms with Crippen molar-refractivity contribution in [1.82, 2.24) is 9.78 Å². The van der Waals surface area contributed by atoms with Gasteiger partial charge in [-0.2, -0.15) is 5.10 Å². The molecule has 0 spiro atoms. The normalized spacial score (nSPS) is 10.4. The molecule has 0 aliphatic heterocycles. The average molecular weight is 208 g/mol. The smallest absolute Gasteiger partial charge is 0.153 e. The fourth-order valence-corrected chi connectivity index (χ4v) is 1.48. The standard InChI is InChI=1S/C10H10ClN3/c1-14-6-9(10(12)13-14)7-2-4-8(11)5-3-7/h2-6H,1H3,(H2,12,13). The van der Waals surface area contributed by atoms with Crippen molar-refractivity contribution in [3.63, 3.8) is 0 Å². The maximum absolute atomic E-state index is 5.79. The molecule has 0 saturated carbocycles. The zero-order valence-corrected chi connectivity index (χ0v) is 8.49. The Morgan fingerprint density at radius 3 is 2.43 bits per heavy atom. The topological polar surface area (TPSA) is 43.8 Å². The number of aromatic nitrogens is 2. The molecule has 0 saturated heterocycles. The minimum atomic E-state index is 0.537. The molecule has 0 radical (unpaired) electrons. The lowest BCUT2D eigenvalue weighted by Crippen LogP contribution is -1.90. The van der Waals surface area contributed by atoms with E-state index in [1.165, 1.54) is 0 Å². The van der Waals surface area contributed by atoms with Crippen molar-refractivity contribution in [2.75, 3.05) is 5.73 Å². The molecule has 2 N–H and O–H groups in total. The Bertz CT molecular complexity index is 445. The molecule has 0 bridgehead atoms. The van der Waals surface area contributed by atoms with Gasteiger partial charge < -0.3 is 5.73 Å². The summed E-state index contributed by atoms with van der Waals surface area (Å²) in [7, 11) is 1.84. The van der Waals surface area contributed by atoms with E-state index in [2.05, 4.69) is 5.10 Å². The van der Waals surface area contributed by atoms with Gasteiger partial charge in [0.05, 0.1) is 0 Å². The monoisotopic (exact) mass is 207 g/mol. The molecule has 1 aromatic heterocycles. The van der Waals surface area contributed by atoms with E-state index in [4.69, 9.17) is 17.3 Å². The summed E-state index contributed by atoms with van der Waals surface area (Å²) in [6.45, 7) is 0. The van der Waals surface area contributed by atoms with Gasteiger partial charge >= 0.3 is 0 Å². The number of benzene rings is 1. The maximum atomic E-state index is 5.79. The highest BCUT2D eigenvalue weighted by Gasteiger charge is 2.05. The van der Waals surface area contributed by atoms with Gasteiger partial charge in [-0.15, -0.1) is 0 Å². The van der Waals surface area contributed by atoms with Crippen molar-refractivity contribution >= 4 is 17.4 Å². The first-order valence-electron chi connectivity index (χ1n) is 4.22. The summed E-state index contributed by atoms with van der Waals surface area (Å²) in [6.07, 6.45) is 1.89. The average Bonchev–Trinajstić information content (AvgIpc) is 2.47. The van der Waals surface area contributed by atoms with Gasteiger partial charge in [0.2, 0.25) is 0 Å². The van der Waals surface area contributed by atoms with Gasteiger partial charge in [-0.25, -0.2) is 0 Å². The molecule has 1 heterocycles. The lowest BCUT2D eigenvalue weighted by molar-refractivity contribution is 0.772. The van der Waals surface area contributed by atoms with Gasteiger partial charge in [-0.1, -0.05) is 23.7 Å². The van der Waals surface area contributed by atoms with Gasteiger partial charge in [0.25, 0.3) is 0 Å². The van der Waals surface area contributed by atoms with Crippen molar-refractivity contribution in [3.8, 4) is 11.1 Å². The Labute approximate surface area is 87.1 Å². The SMILES string of the molecule is Cn1cc(-c2ccc(Cl)cc2)c(N)n1. The molecule has 0 aliphatic rings. The molecule has 72 valence electrons. The molecule has 3 nitrogen and oxygen atoms in total. The van der Waals surface area contributed by atoms with E-state index >= 15 is 0 Å². The summed E-state index contributed by atoms with van der Waals surface area (Å²) in [5.74, 6) is 0.537. The third-order valence-corrected chi connectivity index (χ3v) is 2.26. The number of nitrogen functional groups attached to an aromatic ring is 1. The molecular weight excluding hydrogens is 198 g/mol. The predicted octanol–water partition coefficient (Wildman–Crippen LogP) is 2.32. The van der Waals surface area contributed by atoms with Crippen molar-refractivity contribution in [2.45, 2.75) is 0 Å². The zero-order chi connectivity index (χ0) is 10.1. The van der Waals surface area contributed by atoms with Crippen molar-refractivity contribution in [2.24, 2.45) is 7.05 Å². The predicted molar refractivity (Wildman–Crippen MR) is 58.1 cm³/mol. The number of halogens is 1. The highest BCUT2D eigenvalue weighted by Crippen LogP contribution is 2.25. The van der Waals surface area contributed by atoms with Gasteiger partial charge in [0, 0.05) is 23.8 Å². The molecule has 2 rings (SSSR count). The van der Waals surface area contributed by atoms with E-state index in [1.54, 1.807) is 4.68 Å². The molecule has 14 heavy (non-hydrogen) atoms. The number of anilines is 1. The van der Waals surface area contributed by atoms with Crippen LogP contribution in [0.4, 0.5) is 5.82 Å². The number of hydrogen-bond acceptors (Lipinski definition) is 2. The Hall–Kier alpha value is -1.48. The van der Waals surface area contributed by atoms with Crippen LogP contribution < -0.4 is 5.73 Å². The number of rotatable bonds is 1. The number of nitrogens with two attached hydrogens (primary N) is 1. The van der Waals surface area contributed by atoms with Crippen LogP contribution >= 0.6 is 11.6 Å². The van der Waals surface area contributed by atoms with Gasteiger partial charge in [0.1, 0.15) is 0 Å². The van der Waals surface area contributed by atoms with Crippen molar-refractivity contribution in [1.29, 1.82) is 0 Å². The van der Waals surface area contributed by atoms with Crippen LogP contribution in [0.3, 0.4) is 0 Å². The fraction of sp³-hybridized carbons (Fsp3) is 0.100. The van der Waals surface area contributed by atoms with E-state index in [9.17, 15) is 0 Å². The Kier molecular flexibility index (Phi) is 2.17. The first-order valence-corrected chi connectivity index (χ1v) is 4.59. The van der Waals surface area contributed by atoms with Crippen LogP contribution in [0.25, 0.3) is 11.1 Å². The second kappa shape index (κ2) is 3.35. The highest BCUT2D eigenvalue weighted by atomic mass is 35.5. The van der Waals surface area contributed by atoms with E-state index in [0.29, 0.717) is 5.82 Å². The van der Waals surface area contributed by atoms with E-state index in [-0.39, 0.29) is 0 Å². The third kappa shape index (κ3) is 1.59. The number of aryl methyl sites for hydroxylation is 1. The Balaban J connectivity index is 2.49. The lowest BCUT2D eigenvalue weighted by atomic mass is 10.1. The molecule has 0 amide bonds. The van der Waals surface area contributed by atoms with Gasteiger partial charge in [-0.3, -0.25) is 4.68 Å². The van der Waals surface area contributed by atoms with Crippen LogP contribution in [0.15, 0.2) is 30.5 Å². The number of nitrogens with zero attached hydrogens (tertiary/aromatic N) is 2. The molecule has 0 unspecified atom stereocenters. The second-order valence-corrected chi connectivity index (χ2v) is 3.55. The first kappa shape index (κ1) is 9.09. The summed E-state index contributed by atoms with van der Waals surface area (Å²) < 4.78 is 1.69. The Morgan fingerprint density at radius 1 is 1.29 bits per heavy atom. The summed E-state index contributed by atoms with van der Waals surface area (Å²) in [4.78, 5) is 0. The zero-order valence-electron chi connectivity index (χ0n) is 7.74. The fourth-order valence-electron chi connectivity index (χ4n) is 1.36. The molecule has 2 aromatic rings. The largest absolute Gasteiger partial charge is 0.382 e. The van der Waals surface area contributed by atoms with Crippen LogP contribution in [-0.2, 0) is 7.05 Å². The van der Waals surface area contributed by atoms with Crippen LogP contribution in [0, 0.1) is 0 Å². The number of hydrogen-bond donors (Lipinski definition) is 1. The van der Waals surface area contributed by atoms with E-state index in [1.807, 2.05) is 37.5 Å². The van der Waals surface area contributed by atoms with Gasteiger partial charge in [0.15, 0.2) is 5.82 Å². The van der Waals surface area contributed by atoms with Crippen LogP contribution in [0.2, 0.25) is 5.02 Å². The third-order valence-electron chi connectivity index (χ3n) is 2.01. The molecule has 0 fully saturated rings. The van der Waals surface area contributed by atoms with Gasteiger partial charge in [-0.05, 0) is 17.7 Å².